The molecule has 0 aliphatic rings. The fourth-order valence-electron chi connectivity index (χ4n) is 0.929. The van der Waals surface area contributed by atoms with Gasteiger partial charge in [-0.15, -0.1) is 0 Å². The van der Waals surface area contributed by atoms with Gasteiger partial charge in [-0.3, -0.25) is 9.48 Å². The van der Waals surface area contributed by atoms with Crippen LogP contribution >= 0.6 is 0 Å². The number of nitrogens with one attached hydrogen (secondary N) is 1. The summed E-state index contributed by atoms with van der Waals surface area (Å²) < 4.78 is 23.4. The van der Waals surface area contributed by atoms with Crippen LogP contribution in [0.1, 0.15) is 0 Å². The number of amides is 1. The third kappa shape index (κ3) is 2.64. The maximum atomic E-state index is 11.1. The van der Waals surface area contributed by atoms with Gasteiger partial charge >= 0.3 is 0 Å². The Bertz CT molecular complexity index is 502. The quantitative estimate of drug-likeness (QED) is 0.662. The molecule has 15 heavy (non-hydrogen) atoms. The first-order chi connectivity index (χ1) is 6.84. The molecule has 0 spiro atoms. The normalized spacial score (nSPS) is 11.1. The zero-order chi connectivity index (χ0) is 11.6. The standard InChI is InChI=1S/C7H10N4O3S/c1-3-6(12)9-7-5(15(8,13)14)4-11(2)10-7/h3-4H,1H2,2H3,(H2,8,13,14)(H,9,10,12). The van der Waals surface area contributed by atoms with Gasteiger partial charge in [-0.05, 0) is 6.08 Å². The van der Waals surface area contributed by atoms with Crippen LogP contribution in [-0.4, -0.2) is 24.1 Å². The highest BCUT2D eigenvalue weighted by atomic mass is 32.2. The topological polar surface area (TPSA) is 107 Å². The minimum atomic E-state index is -3.90. The van der Waals surface area contributed by atoms with E-state index in [9.17, 15) is 13.2 Å². The van der Waals surface area contributed by atoms with Crippen LogP contribution in [0.4, 0.5) is 5.82 Å². The van der Waals surface area contributed by atoms with Gasteiger partial charge in [0.15, 0.2) is 5.82 Å². The fourth-order valence-corrected chi connectivity index (χ4v) is 1.59. The van der Waals surface area contributed by atoms with Crippen molar-refractivity contribution in [2.45, 2.75) is 4.90 Å². The van der Waals surface area contributed by atoms with E-state index in [0.717, 1.165) is 6.08 Å². The highest BCUT2D eigenvalue weighted by Gasteiger charge is 2.18. The van der Waals surface area contributed by atoms with E-state index in [1.807, 2.05) is 0 Å². The van der Waals surface area contributed by atoms with Crippen molar-refractivity contribution >= 4 is 21.7 Å². The Morgan fingerprint density at radius 3 is 2.80 bits per heavy atom. The van der Waals surface area contributed by atoms with Crippen LogP contribution in [0.3, 0.4) is 0 Å². The van der Waals surface area contributed by atoms with E-state index in [1.54, 1.807) is 0 Å². The molecule has 0 aliphatic heterocycles. The van der Waals surface area contributed by atoms with Crippen LogP contribution in [0.25, 0.3) is 0 Å². The van der Waals surface area contributed by atoms with Crippen LogP contribution in [0.5, 0.6) is 0 Å². The summed E-state index contributed by atoms with van der Waals surface area (Å²) in [5.74, 6) is -0.663. The first kappa shape index (κ1) is 11.4. The Kier molecular flexibility index (Phi) is 2.91. The summed E-state index contributed by atoms with van der Waals surface area (Å²) in [5.41, 5.74) is 0. The SMILES string of the molecule is C=CC(=O)Nc1nn(C)cc1S(N)(=O)=O. The summed E-state index contributed by atoms with van der Waals surface area (Å²) in [6, 6.07) is 0. The maximum Gasteiger partial charge on any atom is 0.248 e. The lowest BCUT2D eigenvalue weighted by molar-refractivity contribution is -0.111. The molecule has 1 amide bonds. The van der Waals surface area contributed by atoms with Crippen LogP contribution in [0.15, 0.2) is 23.7 Å². The van der Waals surface area contributed by atoms with Crippen LogP contribution in [-0.2, 0) is 21.9 Å². The Morgan fingerprint density at radius 1 is 1.73 bits per heavy atom. The number of carbonyl (C=O) groups is 1. The first-order valence-electron chi connectivity index (χ1n) is 3.84. The average molecular weight is 230 g/mol. The van der Waals surface area contributed by atoms with E-state index >= 15 is 0 Å². The molecule has 0 unspecified atom stereocenters. The maximum absolute atomic E-state index is 11.1. The van der Waals surface area contributed by atoms with Crippen molar-refractivity contribution < 1.29 is 13.2 Å². The zero-order valence-corrected chi connectivity index (χ0v) is 8.78. The molecule has 0 saturated carbocycles. The van der Waals surface area contributed by atoms with Crippen molar-refractivity contribution in [3.63, 3.8) is 0 Å². The van der Waals surface area contributed by atoms with E-state index in [-0.39, 0.29) is 10.7 Å². The van der Waals surface area contributed by atoms with Gasteiger partial charge in [0.1, 0.15) is 4.90 Å². The molecule has 1 aromatic rings. The smallest absolute Gasteiger partial charge is 0.248 e. The third-order valence-electron chi connectivity index (χ3n) is 1.53. The summed E-state index contributed by atoms with van der Waals surface area (Å²) in [6.45, 7) is 3.23. The summed E-state index contributed by atoms with van der Waals surface area (Å²) in [5, 5.41) is 10.9. The highest BCUT2D eigenvalue weighted by molar-refractivity contribution is 7.89. The molecule has 7 nitrogen and oxygen atoms in total. The van der Waals surface area contributed by atoms with Crippen molar-refractivity contribution in [3.8, 4) is 0 Å². The molecule has 0 aliphatic carbocycles. The molecule has 0 fully saturated rings. The first-order valence-corrected chi connectivity index (χ1v) is 5.39. The monoisotopic (exact) mass is 230 g/mol. The van der Waals surface area contributed by atoms with Crippen molar-refractivity contribution in [3.05, 3.63) is 18.9 Å². The van der Waals surface area contributed by atoms with Gasteiger partial charge in [0.05, 0.1) is 0 Å². The molecule has 1 heterocycles. The molecule has 1 rings (SSSR count). The summed E-state index contributed by atoms with van der Waals surface area (Å²) in [4.78, 5) is 10.7. The number of nitrogens with zero attached hydrogens (tertiary/aromatic N) is 2. The van der Waals surface area contributed by atoms with Gasteiger partial charge in [-0.25, -0.2) is 13.6 Å². The average Bonchev–Trinajstić information content (AvgIpc) is 2.45. The third-order valence-corrected chi connectivity index (χ3v) is 2.44. The van der Waals surface area contributed by atoms with Gasteiger partial charge < -0.3 is 5.32 Å². The van der Waals surface area contributed by atoms with Gasteiger partial charge in [-0.1, -0.05) is 6.58 Å². The Hall–Kier alpha value is -1.67. The lowest BCUT2D eigenvalue weighted by Crippen LogP contribution is -2.16. The summed E-state index contributed by atoms with van der Waals surface area (Å²) in [6.07, 6.45) is 2.20. The van der Waals surface area contributed by atoms with Crippen molar-refractivity contribution in [2.75, 3.05) is 5.32 Å². The van der Waals surface area contributed by atoms with Gasteiger partial charge in [-0.2, -0.15) is 5.10 Å². The summed E-state index contributed by atoms with van der Waals surface area (Å²) >= 11 is 0. The lowest BCUT2D eigenvalue weighted by atomic mass is 10.5. The molecule has 0 atom stereocenters. The highest BCUT2D eigenvalue weighted by Crippen LogP contribution is 2.16. The molecule has 0 bridgehead atoms. The predicted molar refractivity (Wildman–Crippen MR) is 53.4 cm³/mol. The molecule has 0 radical (unpaired) electrons. The van der Waals surface area contributed by atoms with E-state index < -0.39 is 15.9 Å². The van der Waals surface area contributed by atoms with Gasteiger partial charge in [0, 0.05) is 13.2 Å². The molecule has 3 N–H and O–H groups in total. The minimum absolute atomic E-state index is 0.107. The van der Waals surface area contributed by atoms with Crippen molar-refractivity contribution in [1.82, 2.24) is 9.78 Å². The molecule has 1 aromatic heterocycles. The van der Waals surface area contributed by atoms with Gasteiger partial charge in [0.2, 0.25) is 15.9 Å². The van der Waals surface area contributed by atoms with E-state index in [2.05, 4.69) is 17.0 Å². The number of carbonyl (C=O) groups excluding carboxylic acids is 1. The molecule has 0 aromatic carbocycles. The predicted octanol–water partition coefficient (Wildman–Crippen LogP) is -0.808. The fraction of sp³-hybridized carbons (Fsp3) is 0.143. The number of rotatable bonds is 3. The van der Waals surface area contributed by atoms with E-state index in [0.29, 0.717) is 0 Å². The number of nitrogens with two attached hydrogens (primary N) is 1. The number of sulfonamides is 1. The second kappa shape index (κ2) is 3.83. The van der Waals surface area contributed by atoms with Gasteiger partial charge in [0.25, 0.3) is 0 Å². The Morgan fingerprint density at radius 2 is 2.33 bits per heavy atom. The minimum Gasteiger partial charge on any atom is -0.304 e. The van der Waals surface area contributed by atoms with Crippen molar-refractivity contribution in [1.29, 1.82) is 0 Å². The molecule has 8 heteroatoms. The van der Waals surface area contributed by atoms with E-state index in [1.165, 1.54) is 17.9 Å². The Balaban J connectivity index is 3.18. The molecule has 0 saturated heterocycles. The van der Waals surface area contributed by atoms with E-state index in [4.69, 9.17) is 5.14 Å². The Labute approximate surface area is 86.6 Å². The van der Waals surface area contributed by atoms with Crippen LogP contribution in [0, 0.1) is 0 Å². The second-order valence-electron chi connectivity index (χ2n) is 2.75. The second-order valence-corrected chi connectivity index (χ2v) is 4.28. The number of hydrogen-bond acceptors (Lipinski definition) is 4. The summed E-state index contributed by atoms with van der Waals surface area (Å²) in [7, 11) is -2.39. The number of aromatic nitrogens is 2. The largest absolute Gasteiger partial charge is 0.304 e. The zero-order valence-electron chi connectivity index (χ0n) is 7.97. The lowest BCUT2D eigenvalue weighted by Gasteiger charge is -1.99. The number of primary sulfonamides is 1. The molecular formula is C7H10N4O3S. The van der Waals surface area contributed by atoms with Crippen LogP contribution < -0.4 is 10.5 Å². The molecular weight excluding hydrogens is 220 g/mol. The molecule has 82 valence electrons. The van der Waals surface area contributed by atoms with Crippen molar-refractivity contribution in [2.24, 2.45) is 12.2 Å². The number of anilines is 1. The van der Waals surface area contributed by atoms with Crippen LogP contribution in [0.2, 0.25) is 0 Å². The number of aryl methyl sites for hydroxylation is 1. The number of hydrogen-bond donors (Lipinski definition) is 2.